The molecule has 1 heterocycles. The zero-order valence-corrected chi connectivity index (χ0v) is 21.0. The Labute approximate surface area is 211 Å². The standard InChI is InChI=1S/C31H30N2OS/c1-22-12-6-9-17-26(22)33-29(34)27-28(32-30(33)35-21-23-13-4-2-5-14-23)25-16-8-7-15-24(25)20-31(27)18-10-3-11-19-31/h2,4-9,12-17H,3,10-11,18-21H2,1H3. The van der Waals surface area contributed by atoms with Crippen molar-refractivity contribution in [3.05, 3.63) is 111 Å². The van der Waals surface area contributed by atoms with Crippen LogP contribution in [0.5, 0.6) is 0 Å². The smallest absolute Gasteiger partial charge is 0.263 e. The van der Waals surface area contributed by atoms with E-state index in [-0.39, 0.29) is 11.0 Å². The summed E-state index contributed by atoms with van der Waals surface area (Å²) < 4.78 is 1.91. The van der Waals surface area contributed by atoms with E-state index in [0.29, 0.717) is 0 Å². The van der Waals surface area contributed by atoms with Gasteiger partial charge in [0.1, 0.15) is 0 Å². The van der Waals surface area contributed by atoms with E-state index in [4.69, 9.17) is 4.98 Å². The highest BCUT2D eigenvalue weighted by atomic mass is 32.2. The molecule has 1 aromatic heterocycles. The number of aryl methyl sites for hydroxylation is 1. The number of nitrogens with zero attached hydrogens (tertiary/aromatic N) is 2. The maximum absolute atomic E-state index is 14.6. The molecule has 4 aromatic rings. The number of para-hydroxylation sites is 1. The van der Waals surface area contributed by atoms with Crippen LogP contribution in [0.3, 0.4) is 0 Å². The first kappa shape index (κ1) is 22.4. The van der Waals surface area contributed by atoms with Gasteiger partial charge in [-0.3, -0.25) is 9.36 Å². The summed E-state index contributed by atoms with van der Waals surface area (Å²) in [6, 6.07) is 27.2. The summed E-state index contributed by atoms with van der Waals surface area (Å²) in [5.74, 6) is 0.769. The van der Waals surface area contributed by atoms with Crippen LogP contribution in [0.1, 0.15) is 54.4 Å². The summed E-state index contributed by atoms with van der Waals surface area (Å²) in [6.45, 7) is 2.08. The van der Waals surface area contributed by atoms with Gasteiger partial charge in [-0.25, -0.2) is 4.98 Å². The largest absolute Gasteiger partial charge is 0.268 e. The van der Waals surface area contributed by atoms with Gasteiger partial charge in [-0.1, -0.05) is 104 Å². The molecule has 3 aromatic carbocycles. The lowest BCUT2D eigenvalue weighted by molar-refractivity contribution is 0.283. The summed E-state index contributed by atoms with van der Waals surface area (Å²) in [7, 11) is 0. The van der Waals surface area contributed by atoms with Crippen LogP contribution in [-0.4, -0.2) is 9.55 Å². The minimum Gasteiger partial charge on any atom is -0.268 e. The second-order valence-electron chi connectivity index (χ2n) is 9.99. The zero-order chi connectivity index (χ0) is 23.8. The Balaban J connectivity index is 1.61. The molecule has 4 heteroatoms. The minimum atomic E-state index is -0.112. The highest BCUT2D eigenvalue weighted by Gasteiger charge is 2.43. The fraction of sp³-hybridized carbons (Fsp3) is 0.290. The zero-order valence-electron chi connectivity index (χ0n) is 20.2. The first-order valence-electron chi connectivity index (χ1n) is 12.6. The lowest BCUT2D eigenvalue weighted by Gasteiger charge is -2.42. The van der Waals surface area contributed by atoms with Crippen molar-refractivity contribution in [1.29, 1.82) is 0 Å². The fourth-order valence-corrected chi connectivity index (χ4v) is 6.99. The highest BCUT2D eigenvalue weighted by Crippen LogP contribution is 2.49. The number of fused-ring (bicyclic) bond motifs is 4. The van der Waals surface area contributed by atoms with E-state index in [9.17, 15) is 4.79 Å². The molecule has 1 fully saturated rings. The first-order chi connectivity index (χ1) is 17.2. The Kier molecular flexibility index (Phi) is 5.85. The van der Waals surface area contributed by atoms with Crippen molar-refractivity contribution in [3.8, 4) is 16.9 Å². The average molecular weight is 479 g/mol. The van der Waals surface area contributed by atoms with Crippen molar-refractivity contribution in [3.63, 3.8) is 0 Å². The molecule has 2 aliphatic carbocycles. The van der Waals surface area contributed by atoms with Gasteiger partial charge < -0.3 is 0 Å². The van der Waals surface area contributed by atoms with E-state index in [1.807, 2.05) is 22.8 Å². The molecule has 6 rings (SSSR count). The van der Waals surface area contributed by atoms with Gasteiger partial charge in [0.05, 0.1) is 16.9 Å². The number of hydrogen-bond donors (Lipinski definition) is 0. The molecule has 0 unspecified atom stereocenters. The monoisotopic (exact) mass is 478 g/mol. The van der Waals surface area contributed by atoms with Crippen LogP contribution < -0.4 is 5.56 Å². The van der Waals surface area contributed by atoms with Crippen LogP contribution >= 0.6 is 11.8 Å². The summed E-state index contributed by atoms with van der Waals surface area (Å²) in [5, 5.41) is 0.773. The molecule has 0 saturated heterocycles. The first-order valence-corrected chi connectivity index (χ1v) is 13.6. The summed E-state index contributed by atoms with van der Waals surface area (Å²) in [5.41, 5.74) is 7.60. The van der Waals surface area contributed by atoms with Gasteiger partial charge in [0, 0.05) is 16.7 Å². The molecule has 0 N–H and O–H groups in total. The number of hydrogen-bond acceptors (Lipinski definition) is 3. The maximum atomic E-state index is 14.6. The van der Waals surface area contributed by atoms with E-state index >= 15 is 0 Å². The molecular weight excluding hydrogens is 448 g/mol. The average Bonchev–Trinajstić information content (AvgIpc) is 2.89. The Bertz CT molecular complexity index is 1430. The highest BCUT2D eigenvalue weighted by molar-refractivity contribution is 7.98. The quantitative estimate of drug-likeness (QED) is 0.229. The Morgan fingerprint density at radius 2 is 1.60 bits per heavy atom. The summed E-state index contributed by atoms with van der Waals surface area (Å²) in [6.07, 6.45) is 6.68. The predicted octanol–water partition coefficient (Wildman–Crippen LogP) is 7.26. The molecule has 1 saturated carbocycles. The molecule has 35 heavy (non-hydrogen) atoms. The van der Waals surface area contributed by atoms with Crippen molar-refractivity contribution in [2.45, 2.75) is 61.8 Å². The van der Waals surface area contributed by atoms with Gasteiger partial charge in [-0.2, -0.15) is 0 Å². The van der Waals surface area contributed by atoms with E-state index in [1.165, 1.54) is 30.4 Å². The summed E-state index contributed by atoms with van der Waals surface area (Å²) >= 11 is 1.65. The third kappa shape index (κ3) is 3.94. The molecule has 0 bridgehead atoms. The second-order valence-corrected chi connectivity index (χ2v) is 10.9. The molecule has 0 radical (unpaired) electrons. The Morgan fingerprint density at radius 1 is 0.886 bits per heavy atom. The van der Waals surface area contributed by atoms with Crippen molar-refractivity contribution in [1.82, 2.24) is 9.55 Å². The topological polar surface area (TPSA) is 34.9 Å². The third-order valence-corrected chi connectivity index (χ3v) is 8.77. The van der Waals surface area contributed by atoms with E-state index < -0.39 is 0 Å². The van der Waals surface area contributed by atoms with E-state index in [0.717, 1.165) is 58.2 Å². The number of benzene rings is 3. The Morgan fingerprint density at radius 3 is 2.40 bits per heavy atom. The molecule has 3 nitrogen and oxygen atoms in total. The van der Waals surface area contributed by atoms with Gasteiger partial charge in [0.15, 0.2) is 5.16 Å². The fourth-order valence-electron chi connectivity index (χ4n) is 6.03. The van der Waals surface area contributed by atoms with Crippen molar-refractivity contribution in [2.75, 3.05) is 0 Å². The maximum Gasteiger partial charge on any atom is 0.263 e. The second kappa shape index (κ2) is 9.16. The number of rotatable bonds is 4. The third-order valence-electron chi connectivity index (χ3n) is 7.76. The van der Waals surface area contributed by atoms with Crippen LogP contribution in [0.4, 0.5) is 0 Å². The van der Waals surface area contributed by atoms with Gasteiger partial charge in [0.25, 0.3) is 5.56 Å². The van der Waals surface area contributed by atoms with Crippen molar-refractivity contribution < 1.29 is 0 Å². The number of aromatic nitrogens is 2. The Hall–Kier alpha value is -3.11. The predicted molar refractivity (Wildman–Crippen MR) is 144 cm³/mol. The van der Waals surface area contributed by atoms with Crippen LogP contribution in [0, 0.1) is 6.92 Å². The summed E-state index contributed by atoms with van der Waals surface area (Å²) in [4.78, 5) is 19.9. The molecular formula is C31H30N2OS. The molecule has 2 aliphatic rings. The molecule has 0 atom stereocenters. The van der Waals surface area contributed by atoms with Crippen molar-refractivity contribution in [2.24, 2.45) is 0 Å². The lowest BCUT2D eigenvalue weighted by Crippen LogP contribution is -2.43. The lowest BCUT2D eigenvalue weighted by atomic mass is 9.62. The normalized spacial score (nSPS) is 16.0. The van der Waals surface area contributed by atoms with Gasteiger partial charge in [-0.15, -0.1) is 0 Å². The van der Waals surface area contributed by atoms with E-state index in [1.54, 1.807) is 11.8 Å². The van der Waals surface area contributed by atoms with E-state index in [2.05, 4.69) is 67.6 Å². The van der Waals surface area contributed by atoms with Crippen LogP contribution in [0.25, 0.3) is 16.9 Å². The van der Waals surface area contributed by atoms with Crippen LogP contribution in [-0.2, 0) is 17.6 Å². The van der Waals surface area contributed by atoms with Crippen molar-refractivity contribution >= 4 is 11.8 Å². The SMILES string of the molecule is Cc1ccccc1-n1c(SCc2ccccc2)nc2c(c1=O)C1(CCCCC1)Cc1ccccc1-2. The number of thioether (sulfide) groups is 1. The van der Waals surface area contributed by atoms with Gasteiger partial charge in [-0.05, 0) is 48.9 Å². The minimum absolute atomic E-state index is 0.112. The molecule has 0 amide bonds. The molecule has 176 valence electrons. The van der Waals surface area contributed by atoms with Gasteiger partial charge in [0.2, 0.25) is 0 Å². The molecule has 1 spiro atoms. The molecule has 0 aliphatic heterocycles. The van der Waals surface area contributed by atoms with Gasteiger partial charge >= 0.3 is 0 Å². The van der Waals surface area contributed by atoms with Crippen LogP contribution in [0.15, 0.2) is 88.8 Å². The van der Waals surface area contributed by atoms with Crippen LogP contribution in [0.2, 0.25) is 0 Å².